The van der Waals surface area contributed by atoms with Crippen LogP contribution in [0.15, 0.2) is 24.3 Å². The minimum absolute atomic E-state index is 0.0697. The van der Waals surface area contributed by atoms with Crippen molar-refractivity contribution in [1.82, 2.24) is 10.6 Å². The molecule has 0 fully saturated rings. The van der Waals surface area contributed by atoms with Crippen molar-refractivity contribution in [3.05, 3.63) is 29.8 Å². The molecule has 0 aliphatic rings. The largest absolute Gasteiger partial charge is 0.497 e. The Morgan fingerprint density at radius 3 is 2.38 bits per heavy atom. The first-order chi connectivity index (χ1) is 9.85. The quantitative estimate of drug-likeness (QED) is 0.798. The number of rotatable bonds is 7. The fraction of sp³-hybridized carbons (Fsp3) is 0.500. The predicted molar refractivity (Wildman–Crippen MR) is 82.3 cm³/mol. The van der Waals surface area contributed by atoms with Gasteiger partial charge in [0, 0.05) is 12.8 Å². The third-order valence-corrected chi connectivity index (χ3v) is 3.94. The van der Waals surface area contributed by atoms with Gasteiger partial charge in [0.05, 0.1) is 18.9 Å². The smallest absolute Gasteiger partial charge is 0.315 e. The van der Waals surface area contributed by atoms with Crippen LogP contribution in [0.25, 0.3) is 0 Å². The van der Waals surface area contributed by atoms with Crippen molar-refractivity contribution >= 4 is 15.9 Å². The van der Waals surface area contributed by atoms with Crippen LogP contribution in [0, 0.1) is 0 Å². The zero-order chi connectivity index (χ0) is 15.9. The molecule has 1 rings (SSSR count). The van der Waals surface area contributed by atoms with E-state index in [2.05, 4.69) is 10.6 Å². The number of benzene rings is 1. The van der Waals surface area contributed by atoms with Gasteiger partial charge in [0.2, 0.25) is 0 Å². The molecule has 2 N–H and O–H groups in total. The summed E-state index contributed by atoms with van der Waals surface area (Å²) >= 11 is 0. The van der Waals surface area contributed by atoms with Crippen LogP contribution in [0.1, 0.15) is 24.9 Å². The third kappa shape index (κ3) is 6.48. The van der Waals surface area contributed by atoms with Crippen LogP contribution >= 0.6 is 0 Å². The summed E-state index contributed by atoms with van der Waals surface area (Å²) in [6.07, 6.45) is 1.87. The van der Waals surface area contributed by atoms with Gasteiger partial charge in [0.1, 0.15) is 15.6 Å². The van der Waals surface area contributed by atoms with Crippen molar-refractivity contribution in [2.24, 2.45) is 0 Å². The minimum atomic E-state index is -3.07. The van der Waals surface area contributed by atoms with E-state index in [0.717, 1.165) is 24.0 Å². The topological polar surface area (TPSA) is 84.5 Å². The Labute approximate surface area is 125 Å². The lowest BCUT2D eigenvalue weighted by molar-refractivity contribution is 0.237. The van der Waals surface area contributed by atoms with Gasteiger partial charge in [0.25, 0.3) is 0 Å². The SMILES string of the molecule is CCC(NC(=O)NCCS(C)(=O)=O)c1ccc(OC)cc1. The molecule has 0 spiro atoms. The van der Waals surface area contributed by atoms with Gasteiger partial charge in [-0.15, -0.1) is 0 Å². The van der Waals surface area contributed by atoms with Gasteiger partial charge < -0.3 is 15.4 Å². The van der Waals surface area contributed by atoms with E-state index in [4.69, 9.17) is 4.74 Å². The molecule has 2 amide bonds. The van der Waals surface area contributed by atoms with Crippen molar-refractivity contribution in [2.45, 2.75) is 19.4 Å². The Morgan fingerprint density at radius 1 is 1.29 bits per heavy atom. The predicted octanol–water partition coefficient (Wildman–Crippen LogP) is 1.49. The number of nitrogens with one attached hydrogen (secondary N) is 2. The van der Waals surface area contributed by atoms with Gasteiger partial charge in [-0.1, -0.05) is 19.1 Å². The second-order valence-corrected chi connectivity index (χ2v) is 7.02. The number of hydrogen-bond acceptors (Lipinski definition) is 4. The average molecular weight is 314 g/mol. The summed E-state index contributed by atoms with van der Waals surface area (Å²) in [5, 5.41) is 5.36. The first-order valence-corrected chi connectivity index (χ1v) is 8.77. The number of carbonyl (C=O) groups excluding carboxylic acids is 1. The number of methoxy groups -OCH3 is 1. The van der Waals surface area contributed by atoms with E-state index in [1.54, 1.807) is 7.11 Å². The van der Waals surface area contributed by atoms with Gasteiger partial charge in [-0.3, -0.25) is 0 Å². The van der Waals surface area contributed by atoms with E-state index in [-0.39, 0.29) is 24.4 Å². The Balaban J connectivity index is 2.54. The monoisotopic (exact) mass is 314 g/mol. The number of carbonyl (C=O) groups is 1. The molecular weight excluding hydrogens is 292 g/mol. The maximum atomic E-state index is 11.8. The Hall–Kier alpha value is -1.76. The molecule has 0 heterocycles. The standard InChI is InChI=1S/C14H22N2O4S/c1-4-13(11-5-7-12(20-2)8-6-11)16-14(17)15-9-10-21(3,18)19/h5-8,13H,4,9-10H2,1-3H3,(H2,15,16,17). The third-order valence-electron chi connectivity index (χ3n) is 2.99. The van der Waals surface area contributed by atoms with Crippen molar-refractivity contribution in [1.29, 1.82) is 0 Å². The number of ether oxygens (including phenoxy) is 1. The van der Waals surface area contributed by atoms with E-state index in [1.165, 1.54) is 0 Å². The maximum absolute atomic E-state index is 11.8. The molecule has 1 aromatic rings. The van der Waals surface area contributed by atoms with Crippen LogP contribution in [0.3, 0.4) is 0 Å². The lowest BCUT2D eigenvalue weighted by Crippen LogP contribution is -2.39. The van der Waals surface area contributed by atoms with Crippen molar-refractivity contribution in [2.75, 3.05) is 25.7 Å². The molecule has 0 radical (unpaired) electrons. The van der Waals surface area contributed by atoms with Crippen LogP contribution in [0.2, 0.25) is 0 Å². The highest BCUT2D eigenvalue weighted by molar-refractivity contribution is 7.90. The Kier molecular flexibility index (Phi) is 6.48. The summed E-state index contributed by atoms with van der Waals surface area (Å²) in [5.74, 6) is 0.686. The Bertz CT molecular complexity index is 555. The van der Waals surface area contributed by atoms with Crippen LogP contribution in [-0.2, 0) is 9.84 Å². The average Bonchev–Trinajstić information content (AvgIpc) is 2.43. The second kappa shape index (κ2) is 7.87. The molecule has 1 unspecified atom stereocenters. The lowest BCUT2D eigenvalue weighted by atomic mass is 10.0. The van der Waals surface area contributed by atoms with E-state index >= 15 is 0 Å². The van der Waals surface area contributed by atoms with Gasteiger partial charge in [-0.2, -0.15) is 0 Å². The van der Waals surface area contributed by atoms with Crippen molar-refractivity contribution in [3.63, 3.8) is 0 Å². The van der Waals surface area contributed by atoms with E-state index < -0.39 is 9.84 Å². The molecule has 6 nitrogen and oxygen atoms in total. The summed E-state index contributed by atoms with van der Waals surface area (Å²) < 4.78 is 27.1. The molecule has 0 aromatic heterocycles. The molecule has 0 saturated heterocycles. The number of urea groups is 1. The first kappa shape index (κ1) is 17.3. The molecule has 118 valence electrons. The highest BCUT2D eigenvalue weighted by Gasteiger charge is 2.13. The van der Waals surface area contributed by atoms with Gasteiger partial charge in [0.15, 0.2) is 0 Å². The molecule has 1 aromatic carbocycles. The molecule has 1 atom stereocenters. The molecule has 7 heteroatoms. The molecule has 0 aliphatic carbocycles. The zero-order valence-electron chi connectivity index (χ0n) is 12.5. The first-order valence-electron chi connectivity index (χ1n) is 6.71. The highest BCUT2D eigenvalue weighted by atomic mass is 32.2. The molecule has 21 heavy (non-hydrogen) atoms. The second-order valence-electron chi connectivity index (χ2n) is 4.76. The van der Waals surface area contributed by atoms with Crippen LogP contribution in [0.5, 0.6) is 5.75 Å². The fourth-order valence-electron chi connectivity index (χ4n) is 1.82. The van der Waals surface area contributed by atoms with Gasteiger partial charge in [-0.05, 0) is 24.1 Å². The van der Waals surface area contributed by atoms with Crippen molar-refractivity contribution < 1.29 is 17.9 Å². The zero-order valence-corrected chi connectivity index (χ0v) is 13.4. The summed E-state index contributed by atoms with van der Waals surface area (Å²) in [6, 6.07) is 6.95. The van der Waals surface area contributed by atoms with Gasteiger partial charge >= 0.3 is 6.03 Å². The summed E-state index contributed by atoms with van der Waals surface area (Å²) in [4.78, 5) is 11.8. The number of sulfone groups is 1. The van der Waals surface area contributed by atoms with E-state index in [0.29, 0.717) is 0 Å². The summed E-state index contributed by atoms with van der Waals surface area (Å²) in [7, 11) is -1.47. The molecule has 0 aliphatic heterocycles. The van der Waals surface area contributed by atoms with Crippen molar-refractivity contribution in [3.8, 4) is 5.75 Å². The number of amides is 2. The van der Waals surface area contributed by atoms with Gasteiger partial charge in [-0.25, -0.2) is 13.2 Å². The summed E-state index contributed by atoms with van der Waals surface area (Å²) in [6.45, 7) is 2.06. The van der Waals surface area contributed by atoms with Crippen LogP contribution in [0.4, 0.5) is 4.79 Å². The fourth-order valence-corrected chi connectivity index (χ4v) is 2.29. The highest BCUT2D eigenvalue weighted by Crippen LogP contribution is 2.19. The number of hydrogen-bond donors (Lipinski definition) is 2. The molecular formula is C14H22N2O4S. The van der Waals surface area contributed by atoms with Crippen LogP contribution in [-0.4, -0.2) is 40.1 Å². The minimum Gasteiger partial charge on any atom is -0.497 e. The normalized spacial score (nSPS) is 12.5. The lowest BCUT2D eigenvalue weighted by Gasteiger charge is -2.18. The van der Waals surface area contributed by atoms with E-state index in [1.807, 2.05) is 31.2 Å². The van der Waals surface area contributed by atoms with Crippen LogP contribution < -0.4 is 15.4 Å². The molecule has 0 bridgehead atoms. The van der Waals surface area contributed by atoms with E-state index in [9.17, 15) is 13.2 Å². The summed E-state index contributed by atoms with van der Waals surface area (Å²) in [5.41, 5.74) is 0.969. The Morgan fingerprint density at radius 2 is 1.90 bits per heavy atom. The molecule has 0 saturated carbocycles. The maximum Gasteiger partial charge on any atom is 0.315 e.